The van der Waals surface area contributed by atoms with E-state index in [0.717, 1.165) is 12.8 Å². The molecule has 0 saturated carbocycles. The first-order valence-corrected chi connectivity index (χ1v) is 3.28. The quantitative estimate of drug-likeness (QED) is 0.746. The molecule has 1 nitrogen and oxygen atoms in total. The molecule has 0 amide bonds. The molecule has 1 radical (unpaired) electrons. The number of hydrogen-bond acceptors (Lipinski definition) is 1. The largest absolute Gasteiger partial charge is 0.390 e. The van der Waals surface area contributed by atoms with E-state index in [1.807, 2.05) is 13.8 Å². The van der Waals surface area contributed by atoms with Crippen LogP contribution in [0, 0.1) is 0 Å². The van der Waals surface area contributed by atoms with Crippen LogP contribution in [0.5, 0.6) is 0 Å². The first-order chi connectivity index (χ1) is 3.56. The molecule has 1 N–H and O–H groups in total. The van der Waals surface area contributed by atoms with Crippen molar-refractivity contribution in [3.05, 3.63) is 0 Å². The molecule has 0 aliphatic rings. The smallest absolute Gasteiger partial charge is 0.0591 e. The second kappa shape index (κ2) is 5.82. The zero-order valence-electron chi connectivity index (χ0n) is 6.65. The van der Waals surface area contributed by atoms with Gasteiger partial charge in [0.05, 0.1) is 5.60 Å². The zero-order chi connectivity index (χ0) is 6.62. The minimum absolute atomic E-state index is 0. The fraction of sp³-hybridized carbons (Fsp3) is 1.00. The Bertz CT molecular complexity index is 56.4. The van der Waals surface area contributed by atoms with E-state index in [0.29, 0.717) is 0 Å². The molecule has 0 aromatic rings. The summed E-state index contributed by atoms with van der Waals surface area (Å²) >= 11 is 0. The summed E-state index contributed by atoms with van der Waals surface area (Å²) in [6.07, 6.45) is 3.22. The maximum atomic E-state index is 9.15. The van der Waals surface area contributed by atoms with E-state index in [1.165, 1.54) is 6.42 Å². The molecular formula is C7H16OY. The van der Waals surface area contributed by atoms with Crippen LogP contribution in [-0.2, 0) is 32.7 Å². The van der Waals surface area contributed by atoms with E-state index in [4.69, 9.17) is 5.11 Å². The molecule has 0 atom stereocenters. The maximum Gasteiger partial charge on any atom is 0.0591 e. The molecule has 0 aliphatic carbocycles. The van der Waals surface area contributed by atoms with Gasteiger partial charge in [-0.3, -0.25) is 0 Å². The van der Waals surface area contributed by atoms with Crippen LogP contribution in [0.3, 0.4) is 0 Å². The minimum Gasteiger partial charge on any atom is -0.390 e. The molecule has 0 fully saturated rings. The van der Waals surface area contributed by atoms with E-state index in [-0.39, 0.29) is 32.7 Å². The molecule has 9 heavy (non-hydrogen) atoms. The normalized spacial score (nSPS) is 10.7. The van der Waals surface area contributed by atoms with Gasteiger partial charge in [0.25, 0.3) is 0 Å². The average Bonchev–Trinajstić information content (AvgIpc) is 1.59. The number of hydrogen-bond donors (Lipinski definition) is 1. The molecule has 0 aromatic heterocycles. The fourth-order valence-corrected chi connectivity index (χ4v) is 0.609. The monoisotopic (exact) mass is 205 g/mol. The Morgan fingerprint density at radius 1 is 1.33 bits per heavy atom. The zero-order valence-corrected chi connectivity index (χ0v) is 9.48. The molecule has 2 heteroatoms. The molecule has 0 bridgehead atoms. The van der Waals surface area contributed by atoms with Crippen LogP contribution in [0.1, 0.15) is 40.0 Å². The SMILES string of the molecule is CCCCC(C)(C)O.[Y]. The third kappa shape index (κ3) is 12.3. The van der Waals surface area contributed by atoms with Crippen molar-refractivity contribution in [2.45, 2.75) is 45.6 Å². The Morgan fingerprint density at radius 3 is 1.89 bits per heavy atom. The molecule has 53 valence electrons. The summed E-state index contributed by atoms with van der Waals surface area (Å²) in [6.45, 7) is 5.83. The minimum atomic E-state index is -0.448. The molecule has 0 aromatic carbocycles. The number of rotatable bonds is 3. The second-order valence-corrected chi connectivity index (χ2v) is 2.92. The van der Waals surface area contributed by atoms with Crippen LogP contribution in [-0.4, -0.2) is 10.7 Å². The average molecular weight is 205 g/mol. The predicted molar refractivity (Wildman–Crippen MR) is 35.8 cm³/mol. The van der Waals surface area contributed by atoms with Gasteiger partial charge in [-0.2, -0.15) is 0 Å². The summed E-state index contributed by atoms with van der Waals surface area (Å²) in [5.41, 5.74) is -0.448. The summed E-state index contributed by atoms with van der Waals surface area (Å²) in [7, 11) is 0. The van der Waals surface area contributed by atoms with Crippen LogP contribution < -0.4 is 0 Å². The van der Waals surface area contributed by atoms with Gasteiger partial charge in [0, 0.05) is 32.7 Å². The van der Waals surface area contributed by atoms with Crippen LogP contribution in [0.4, 0.5) is 0 Å². The third-order valence-electron chi connectivity index (χ3n) is 1.14. The second-order valence-electron chi connectivity index (χ2n) is 2.92. The van der Waals surface area contributed by atoms with Gasteiger partial charge in [-0.15, -0.1) is 0 Å². The van der Waals surface area contributed by atoms with Crippen molar-refractivity contribution < 1.29 is 37.8 Å². The summed E-state index contributed by atoms with van der Waals surface area (Å²) in [5.74, 6) is 0. The summed E-state index contributed by atoms with van der Waals surface area (Å²) in [5, 5.41) is 9.15. The van der Waals surface area contributed by atoms with Crippen LogP contribution in [0.25, 0.3) is 0 Å². The van der Waals surface area contributed by atoms with Crippen molar-refractivity contribution in [2.24, 2.45) is 0 Å². The molecule has 0 aliphatic heterocycles. The Kier molecular flexibility index (Phi) is 8.22. The van der Waals surface area contributed by atoms with E-state index in [9.17, 15) is 0 Å². The van der Waals surface area contributed by atoms with Gasteiger partial charge in [-0.25, -0.2) is 0 Å². The molecule has 0 unspecified atom stereocenters. The van der Waals surface area contributed by atoms with Crippen molar-refractivity contribution >= 4 is 0 Å². The van der Waals surface area contributed by atoms with Crippen molar-refractivity contribution in [2.75, 3.05) is 0 Å². The topological polar surface area (TPSA) is 20.2 Å². The van der Waals surface area contributed by atoms with Gasteiger partial charge in [-0.1, -0.05) is 19.8 Å². The Morgan fingerprint density at radius 2 is 1.78 bits per heavy atom. The Balaban J connectivity index is 0. The molecular weight excluding hydrogens is 189 g/mol. The van der Waals surface area contributed by atoms with Crippen LogP contribution in [0.15, 0.2) is 0 Å². The maximum absolute atomic E-state index is 9.15. The van der Waals surface area contributed by atoms with Crippen molar-refractivity contribution in [1.29, 1.82) is 0 Å². The Hall–Kier alpha value is 1.06. The summed E-state index contributed by atoms with van der Waals surface area (Å²) in [4.78, 5) is 0. The number of aliphatic hydroxyl groups is 1. The third-order valence-corrected chi connectivity index (χ3v) is 1.14. The Labute approximate surface area is 83.1 Å². The van der Waals surface area contributed by atoms with Crippen LogP contribution in [0.2, 0.25) is 0 Å². The summed E-state index contributed by atoms with van der Waals surface area (Å²) in [6, 6.07) is 0. The first-order valence-electron chi connectivity index (χ1n) is 3.28. The van der Waals surface area contributed by atoms with Gasteiger partial charge in [0.2, 0.25) is 0 Å². The van der Waals surface area contributed by atoms with Gasteiger partial charge >= 0.3 is 0 Å². The van der Waals surface area contributed by atoms with Crippen molar-refractivity contribution in [1.82, 2.24) is 0 Å². The molecule has 0 spiro atoms. The fourth-order valence-electron chi connectivity index (χ4n) is 0.609. The van der Waals surface area contributed by atoms with E-state index < -0.39 is 5.60 Å². The van der Waals surface area contributed by atoms with Gasteiger partial charge < -0.3 is 5.11 Å². The van der Waals surface area contributed by atoms with Crippen LogP contribution >= 0.6 is 0 Å². The van der Waals surface area contributed by atoms with Crippen molar-refractivity contribution in [3.63, 3.8) is 0 Å². The van der Waals surface area contributed by atoms with E-state index in [2.05, 4.69) is 6.92 Å². The van der Waals surface area contributed by atoms with Gasteiger partial charge in [0.15, 0.2) is 0 Å². The van der Waals surface area contributed by atoms with Gasteiger partial charge in [0.1, 0.15) is 0 Å². The van der Waals surface area contributed by atoms with Crippen molar-refractivity contribution in [3.8, 4) is 0 Å². The summed E-state index contributed by atoms with van der Waals surface area (Å²) < 4.78 is 0. The first kappa shape index (κ1) is 12.7. The van der Waals surface area contributed by atoms with E-state index >= 15 is 0 Å². The standard InChI is InChI=1S/C7H16O.Y/c1-4-5-6-7(2,3)8;/h8H,4-6H2,1-3H3;. The number of unbranched alkanes of at least 4 members (excludes halogenated alkanes) is 1. The molecule has 0 heterocycles. The molecule has 0 rings (SSSR count). The van der Waals surface area contributed by atoms with Gasteiger partial charge in [-0.05, 0) is 20.3 Å². The predicted octanol–water partition coefficient (Wildman–Crippen LogP) is 1.94. The van der Waals surface area contributed by atoms with E-state index in [1.54, 1.807) is 0 Å². The molecule has 0 saturated heterocycles.